The van der Waals surface area contributed by atoms with Gasteiger partial charge in [0.2, 0.25) is 0 Å². The van der Waals surface area contributed by atoms with E-state index in [4.69, 9.17) is 0 Å². The van der Waals surface area contributed by atoms with Crippen molar-refractivity contribution in [1.82, 2.24) is 10.2 Å². The zero-order valence-corrected chi connectivity index (χ0v) is 11.5. The average molecular weight is 315 g/mol. The zero-order chi connectivity index (χ0) is 12.4. The first-order valence-corrected chi connectivity index (χ1v) is 6.84. The number of aromatic nitrogens is 2. The van der Waals surface area contributed by atoms with Gasteiger partial charge in [0.25, 0.3) is 0 Å². The van der Waals surface area contributed by atoms with Crippen LogP contribution in [0.3, 0.4) is 0 Å². The molecule has 0 aliphatic rings. The molecule has 1 heterocycles. The van der Waals surface area contributed by atoms with E-state index in [0.29, 0.717) is 10.6 Å². The van der Waals surface area contributed by atoms with E-state index < -0.39 is 0 Å². The second-order valence-corrected chi connectivity index (χ2v) is 5.67. The van der Waals surface area contributed by atoms with Gasteiger partial charge in [-0.2, -0.15) is 0 Å². The van der Waals surface area contributed by atoms with Gasteiger partial charge in [-0.3, -0.25) is 0 Å². The number of aromatic hydroxyl groups is 2. The van der Waals surface area contributed by atoms with Crippen molar-refractivity contribution in [2.24, 2.45) is 0 Å². The molecule has 0 amide bonds. The number of benzene rings is 1. The van der Waals surface area contributed by atoms with E-state index in [9.17, 15) is 10.2 Å². The molecule has 0 bridgehead atoms. The molecule has 2 rings (SSSR count). The second kappa shape index (κ2) is 5.01. The lowest BCUT2D eigenvalue weighted by atomic mass is 10.2. The maximum Gasteiger partial charge on any atom is 0.148 e. The molecule has 1 atom stereocenters. The summed E-state index contributed by atoms with van der Waals surface area (Å²) in [6.45, 7) is 2.06. The third-order valence-electron chi connectivity index (χ3n) is 2.22. The smallest absolute Gasteiger partial charge is 0.148 e. The molecule has 1 aromatic carbocycles. The maximum absolute atomic E-state index is 9.40. The Bertz CT molecular complexity index is 510. The Labute approximate surface area is 111 Å². The van der Waals surface area contributed by atoms with Gasteiger partial charge in [-0.1, -0.05) is 34.2 Å². The topological polar surface area (TPSA) is 66.2 Å². The van der Waals surface area contributed by atoms with Crippen LogP contribution in [0.2, 0.25) is 0 Å². The monoisotopic (exact) mass is 314 g/mol. The van der Waals surface area contributed by atoms with Crippen LogP contribution in [0.5, 0.6) is 11.5 Å². The van der Waals surface area contributed by atoms with Crippen molar-refractivity contribution in [1.29, 1.82) is 0 Å². The Morgan fingerprint density at radius 3 is 2.47 bits per heavy atom. The zero-order valence-electron chi connectivity index (χ0n) is 9.09. The molecule has 17 heavy (non-hydrogen) atoms. The standard InChI is InChI=1S/C11H11BrN2O2S/c1-2-9(12)11-14-13-10(17-11)6-3-7(15)5-8(16)4-6/h3-5,9,15-16H,2H2,1H3. The lowest BCUT2D eigenvalue weighted by Gasteiger charge is -1.99. The second-order valence-electron chi connectivity index (χ2n) is 3.56. The summed E-state index contributed by atoms with van der Waals surface area (Å²) in [7, 11) is 0. The number of nitrogens with zero attached hydrogens (tertiary/aromatic N) is 2. The summed E-state index contributed by atoms with van der Waals surface area (Å²) in [5, 5.41) is 28.5. The first-order chi connectivity index (χ1) is 8.10. The Kier molecular flexibility index (Phi) is 3.63. The van der Waals surface area contributed by atoms with Crippen molar-refractivity contribution >= 4 is 27.3 Å². The Hall–Kier alpha value is -1.14. The summed E-state index contributed by atoms with van der Waals surface area (Å²) in [6, 6.07) is 4.39. The highest BCUT2D eigenvalue weighted by atomic mass is 79.9. The first-order valence-electron chi connectivity index (χ1n) is 5.11. The highest BCUT2D eigenvalue weighted by molar-refractivity contribution is 9.09. The number of halogens is 1. The molecule has 0 saturated heterocycles. The van der Waals surface area contributed by atoms with Gasteiger partial charge >= 0.3 is 0 Å². The molecule has 0 radical (unpaired) electrons. The quantitative estimate of drug-likeness (QED) is 0.851. The van der Waals surface area contributed by atoms with Gasteiger partial charge in [0.05, 0.1) is 4.83 Å². The van der Waals surface area contributed by atoms with E-state index >= 15 is 0 Å². The number of rotatable bonds is 3. The summed E-state index contributed by atoms with van der Waals surface area (Å²) in [5.74, 6) is 0.0327. The third kappa shape index (κ3) is 2.76. The van der Waals surface area contributed by atoms with Crippen molar-refractivity contribution in [2.75, 3.05) is 0 Å². The van der Waals surface area contributed by atoms with Crippen LogP contribution in [0.15, 0.2) is 18.2 Å². The fourth-order valence-electron chi connectivity index (χ4n) is 1.37. The Balaban J connectivity index is 2.36. The molecular weight excluding hydrogens is 304 g/mol. The Morgan fingerprint density at radius 2 is 1.88 bits per heavy atom. The van der Waals surface area contributed by atoms with Gasteiger partial charge < -0.3 is 10.2 Å². The molecule has 0 saturated carbocycles. The maximum atomic E-state index is 9.40. The van der Waals surface area contributed by atoms with Gasteiger partial charge in [-0.25, -0.2) is 0 Å². The van der Waals surface area contributed by atoms with Gasteiger partial charge in [0.1, 0.15) is 21.5 Å². The van der Waals surface area contributed by atoms with Crippen LogP contribution in [0, 0.1) is 0 Å². The fourth-order valence-corrected chi connectivity index (χ4v) is 2.63. The van der Waals surface area contributed by atoms with Crippen LogP contribution in [0.4, 0.5) is 0 Å². The van der Waals surface area contributed by atoms with E-state index in [0.717, 1.165) is 11.4 Å². The summed E-state index contributed by atoms with van der Waals surface area (Å²) in [5.41, 5.74) is 0.669. The number of phenols is 2. The molecule has 2 aromatic rings. The minimum Gasteiger partial charge on any atom is -0.508 e. The normalized spacial score (nSPS) is 12.6. The molecule has 1 unspecified atom stereocenters. The summed E-state index contributed by atoms with van der Waals surface area (Å²) < 4.78 is 0. The van der Waals surface area contributed by atoms with Crippen LogP contribution in [0.25, 0.3) is 10.6 Å². The molecule has 0 spiro atoms. The van der Waals surface area contributed by atoms with Crippen LogP contribution >= 0.6 is 27.3 Å². The summed E-state index contributed by atoms with van der Waals surface area (Å²) in [4.78, 5) is 0.194. The minimum absolute atomic E-state index is 0.0163. The SMILES string of the molecule is CCC(Br)c1nnc(-c2cc(O)cc(O)c2)s1. The molecule has 1 aromatic heterocycles. The Morgan fingerprint density at radius 1 is 1.24 bits per heavy atom. The van der Waals surface area contributed by atoms with E-state index in [-0.39, 0.29) is 16.3 Å². The molecule has 0 aliphatic carbocycles. The average Bonchev–Trinajstić information content (AvgIpc) is 2.76. The predicted molar refractivity (Wildman–Crippen MR) is 70.6 cm³/mol. The predicted octanol–water partition coefficient (Wildman–Crippen LogP) is 3.46. The van der Waals surface area contributed by atoms with E-state index in [1.165, 1.54) is 17.4 Å². The molecule has 2 N–H and O–H groups in total. The van der Waals surface area contributed by atoms with Gasteiger partial charge in [0.15, 0.2) is 0 Å². The van der Waals surface area contributed by atoms with Crippen LogP contribution in [0.1, 0.15) is 23.2 Å². The number of phenolic OH excluding ortho intramolecular Hbond substituents is 2. The minimum atomic E-state index is 0.0163. The van der Waals surface area contributed by atoms with Crippen LogP contribution in [-0.2, 0) is 0 Å². The molecule has 4 nitrogen and oxygen atoms in total. The fraction of sp³-hybridized carbons (Fsp3) is 0.273. The largest absolute Gasteiger partial charge is 0.508 e. The first kappa shape index (κ1) is 12.3. The number of alkyl halides is 1. The van der Waals surface area contributed by atoms with Crippen LogP contribution < -0.4 is 0 Å². The van der Waals surface area contributed by atoms with Crippen molar-refractivity contribution in [2.45, 2.75) is 18.2 Å². The molecule has 6 heteroatoms. The van der Waals surface area contributed by atoms with Gasteiger partial charge in [-0.05, 0) is 18.6 Å². The molecule has 0 fully saturated rings. The van der Waals surface area contributed by atoms with Crippen LogP contribution in [-0.4, -0.2) is 20.4 Å². The molecular formula is C11H11BrN2O2S. The lowest BCUT2D eigenvalue weighted by Crippen LogP contribution is -1.84. The lowest BCUT2D eigenvalue weighted by molar-refractivity contribution is 0.451. The highest BCUT2D eigenvalue weighted by Crippen LogP contribution is 2.34. The summed E-state index contributed by atoms with van der Waals surface area (Å²) in [6.07, 6.45) is 0.930. The van der Waals surface area contributed by atoms with Crippen molar-refractivity contribution in [3.8, 4) is 22.1 Å². The van der Waals surface area contributed by atoms with Crippen molar-refractivity contribution in [3.05, 3.63) is 23.2 Å². The molecule has 0 aliphatic heterocycles. The molecule has 90 valence electrons. The van der Waals surface area contributed by atoms with Gasteiger partial charge in [0, 0.05) is 11.6 Å². The summed E-state index contributed by atoms with van der Waals surface area (Å²) >= 11 is 4.95. The van der Waals surface area contributed by atoms with Crippen molar-refractivity contribution in [3.63, 3.8) is 0 Å². The van der Waals surface area contributed by atoms with E-state index in [2.05, 4.69) is 33.1 Å². The third-order valence-corrected chi connectivity index (χ3v) is 4.69. The van der Waals surface area contributed by atoms with Gasteiger partial charge in [-0.15, -0.1) is 10.2 Å². The van der Waals surface area contributed by atoms with E-state index in [1.54, 1.807) is 12.1 Å². The van der Waals surface area contributed by atoms with E-state index in [1.807, 2.05) is 0 Å². The number of hydrogen-bond acceptors (Lipinski definition) is 5. The van der Waals surface area contributed by atoms with Crippen molar-refractivity contribution < 1.29 is 10.2 Å². The number of hydrogen-bond donors (Lipinski definition) is 2. The highest BCUT2D eigenvalue weighted by Gasteiger charge is 2.13.